The van der Waals surface area contributed by atoms with Crippen molar-refractivity contribution in [3.05, 3.63) is 0 Å². The summed E-state index contributed by atoms with van der Waals surface area (Å²) in [6, 6.07) is 0.323. The summed E-state index contributed by atoms with van der Waals surface area (Å²) < 4.78 is 0. The van der Waals surface area contributed by atoms with Crippen molar-refractivity contribution in [1.82, 2.24) is 5.32 Å². The van der Waals surface area contributed by atoms with E-state index in [2.05, 4.69) is 17.2 Å². The smallest absolute Gasteiger partial charge is 0.0702 e. The van der Waals surface area contributed by atoms with Gasteiger partial charge in [-0.25, -0.2) is 0 Å². The zero-order chi connectivity index (χ0) is 8.81. The quantitative estimate of drug-likeness (QED) is 0.612. The molecule has 0 radical (unpaired) electrons. The average molecular weight is 167 g/mol. The van der Waals surface area contributed by atoms with Crippen molar-refractivity contribution in [3.63, 3.8) is 0 Å². The predicted octanol–water partition coefficient (Wildman–Crippen LogP) is 0.903. The number of hydrogen-bond donors (Lipinski definition) is 2. The van der Waals surface area contributed by atoms with E-state index in [-0.39, 0.29) is 6.10 Å². The van der Waals surface area contributed by atoms with Crippen LogP contribution in [0.4, 0.5) is 0 Å². The molecule has 1 fully saturated rings. The number of aliphatic hydroxyl groups excluding tert-OH is 1. The van der Waals surface area contributed by atoms with Crippen molar-refractivity contribution in [2.24, 2.45) is 0 Å². The van der Waals surface area contributed by atoms with Crippen LogP contribution in [0.2, 0.25) is 0 Å². The Balaban J connectivity index is 2.16. The van der Waals surface area contributed by atoms with Crippen LogP contribution in [-0.2, 0) is 0 Å². The Hall–Kier alpha value is -0.520. The summed E-state index contributed by atoms with van der Waals surface area (Å²) in [7, 11) is 0. The van der Waals surface area contributed by atoms with Gasteiger partial charge in [-0.05, 0) is 32.7 Å². The molecule has 1 saturated heterocycles. The molecule has 1 aliphatic heterocycles. The molecule has 2 heteroatoms. The van der Waals surface area contributed by atoms with Gasteiger partial charge < -0.3 is 10.4 Å². The second-order valence-corrected chi connectivity index (χ2v) is 3.24. The molecule has 68 valence electrons. The van der Waals surface area contributed by atoms with Crippen LogP contribution in [0, 0.1) is 11.8 Å². The fourth-order valence-electron chi connectivity index (χ4n) is 1.59. The second-order valence-electron chi connectivity index (χ2n) is 3.24. The molecule has 12 heavy (non-hydrogen) atoms. The fourth-order valence-corrected chi connectivity index (χ4v) is 1.59. The van der Waals surface area contributed by atoms with Crippen LogP contribution in [0.5, 0.6) is 0 Å². The van der Waals surface area contributed by atoms with Gasteiger partial charge in [0, 0.05) is 12.5 Å². The van der Waals surface area contributed by atoms with E-state index in [0.29, 0.717) is 6.04 Å². The average Bonchev–Trinajstić information content (AvgIpc) is 2.56. The summed E-state index contributed by atoms with van der Waals surface area (Å²) in [4.78, 5) is 0. The van der Waals surface area contributed by atoms with Crippen LogP contribution < -0.4 is 5.32 Å². The second kappa shape index (κ2) is 5.18. The largest absolute Gasteiger partial charge is 0.391 e. The topological polar surface area (TPSA) is 32.3 Å². The molecule has 0 bridgehead atoms. The highest BCUT2D eigenvalue weighted by atomic mass is 16.3. The van der Waals surface area contributed by atoms with Crippen LogP contribution in [0.15, 0.2) is 0 Å². The van der Waals surface area contributed by atoms with E-state index in [0.717, 1.165) is 25.8 Å². The molecule has 1 heterocycles. The predicted molar refractivity (Wildman–Crippen MR) is 49.7 cm³/mol. The van der Waals surface area contributed by atoms with E-state index in [1.807, 2.05) is 6.92 Å². The first kappa shape index (κ1) is 9.57. The molecule has 2 atom stereocenters. The Labute approximate surface area is 74.4 Å². The minimum Gasteiger partial charge on any atom is -0.391 e. The lowest BCUT2D eigenvalue weighted by atomic mass is 10.0. The molecule has 0 saturated carbocycles. The highest BCUT2D eigenvalue weighted by molar-refractivity contribution is 4.96. The van der Waals surface area contributed by atoms with E-state index in [1.165, 1.54) is 6.42 Å². The molecule has 0 aromatic carbocycles. The van der Waals surface area contributed by atoms with Gasteiger partial charge in [-0.3, -0.25) is 0 Å². The third-order valence-electron chi connectivity index (χ3n) is 2.30. The van der Waals surface area contributed by atoms with E-state index in [9.17, 15) is 5.11 Å². The first-order valence-electron chi connectivity index (χ1n) is 4.65. The number of aliphatic hydroxyl groups is 1. The summed E-state index contributed by atoms with van der Waals surface area (Å²) in [6.45, 7) is 2.89. The molecule has 0 aliphatic carbocycles. The molecule has 2 N–H and O–H groups in total. The number of hydrogen-bond acceptors (Lipinski definition) is 2. The first-order chi connectivity index (χ1) is 5.84. The lowest BCUT2D eigenvalue weighted by Gasteiger charge is -2.16. The van der Waals surface area contributed by atoms with E-state index < -0.39 is 0 Å². The zero-order valence-corrected chi connectivity index (χ0v) is 7.64. The third kappa shape index (κ3) is 2.84. The van der Waals surface area contributed by atoms with Crippen molar-refractivity contribution in [2.75, 3.05) is 6.54 Å². The Bertz CT molecular complexity index is 174. The maximum atomic E-state index is 9.65. The molecule has 0 spiro atoms. The maximum absolute atomic E-state index is 9.65. The van der Waals surface area contributed by atoms with Gasteiger partial charge in [0.2, 0.25) is 0 Å². The molecular weight excluding hydrogens is 150 g/mol. The monoisotopic (exact) mass is 167 g/mol. The number of nitrogens with one attached hydrogen (secondary N) is 1. The van der Waals surface area contributed by atoms with Crippen molar-refractivity contribution >= 4 is 0 Å². The van der Waals surface area contributed by atoms with Crippen molar-refractivity contribution in [2.45, 2.75) is 44.8 Å². The van der Waals surface area contributed by atoms with Gasteiger partial charge in [-0.15, -0.1) is 11.8 Å². The summed E-state index contributed by atoms with van der Waals surface area (Å²) in [5.41, 5.74) is 0. The molecule has 2 unspecified atom stereocenters. The lowest BCUT2D eigenvalue weighted by Crippen LogP contribution is -2.34. The minimum absolute atomic E-state index is 0.201. The van der Waals surface area contributed by atoms with Crippen molar-refractivity contribution < 1.29 is 5.11 Å². The van der Waals surface area contributed by atoms with Gasteiger partial charge >= 0.3 is 0 Å². The van der Waals surface area contributed by atoms with Crippen LogP contribution in [0.3, 0.4) is 0 Å². The van der Waals surface area contributed by atoms with E-state index >= 15 is 0 Å². The SMILES string of the molecule is CC#CCCC(O)C1CCCN1. The minimum atomic E-state index is -0.201. The van der Waals surface area contributed by atoms with Crippen molar-refractivity contribution in [1.29, 1.82) is 0 Å². The molecule has 1 aliphatic rings. The summed E-state index contributed by atoms with van der Waals surface area (Å²) in [5, 5.41) is 12.9. The van der Waals surface area contributed by atoms with Gasteiger partial charge in [0.05, 0.1) is 6.10 Å². The van der Waals surface area contributed by atoms with Crippen LogP contribution >= 0.6 is 0 Å². The van der Waals surface area contributed by atoms with Crippen LogP contribution in [0.1, 0.15) is 32.6 Å². The molecule has 1 rings (SSSR count). The summed E-state index contributed by atoms with van der Waals surface area (Å²) in [5.74, 6) is 5.80. The van der Waals surface area contributed by atoms with Crippen molar-refractivity contribution in [3.8, 4) is 11.8 Å². The first-order valence-corrected chi connectivity index (χ1v) is 4.65. The van der Waals surface area contributed by atoms with Gasteiger partial charge in [-0.1, -0.05) is 0 Å². The summed E-state index contributed by atoms with van der Waals surface area (Å²) >= 11 is 0. The normalized spacial score (nSPS) is 24.7. The van der Waals surface area contributed by atoms with Gasteiger partial charge in [-0.2, -0.15) is 0 Å². The van der Waals surface area contributed by atoms with Gasteiger partial charge in [0.15, 0.2) is 0 Å². The standard InChI is InChI=1S/C10H17NO/c1-2-3-4-7-10(12)9-6-5-8-11-9/h9-12H,4-8H2,1H3. The Morgan fingerprint density at radius 1 is 1.67 bits per heavy atom. The Morgan fingerprint density at radius 3 is 3.08 bits per heavy atom. The van der Waals surface area contributed by atoms with E-state index in [1.54, 1.807) is 0 Å². The maximum Gasteiger partial charge on any atom is 0.0702 e. The lowest BCUT2D eigenvalue weighted by molar-refractivity contribution is 0.128. The van der Waals surface area contributed by atoms with Crippen LogP contribution in [-0.4, -0.2) is 23.8 Å². The fraction of sp³-hybridized carbons (Fsp3) is 0.800. The van der Waals surface area contributed by atoms with Crippen LogP contribution in [0.25, 0.3) is 0 Å². The van der Waals surface area contributed by atoms with E-state index in [4.69, 9.17) is 0 Å². The van der Waals surface area contributed by atoms with Gasteiger partial charge in [0.25, 0.3) is 0 Å². The molecule has 2 nitrogen and oxygen atoms in total. The third-order valence-corrected chi connectivity index (χ3v) is 2.30. The summed E-state index contributed by atoms with van der Waals surface area (Å²) in [6.07, 6.45) is 3.73. The molecule has 0 aromatic rings. The molecule has 0 amide bonds. The number of rotatable bonds is 3. The highest BCUT2D eigenvalue weighted by Crippen LogP contribution is 2.12. The zero-order valence-electron chi connectivity index (χ0n) is 7.64. The molecular formula is C10H17NO. The Morgan fingerprint density at radius 2 is 2.50 bits per heavy atom. The highest BCUT2D eigenvalue weighted by Gasteiger charge is 2.21. The Kier molecular flexibility index (Phi) is 4.13. The molecule has 0 aromatic heterocycles. The van der Waals surface area contributed by atoms with Gasteiger partial charge in [0.1, 0.15) is 0 Å².